The van der Waals surface area contributed by atoms with E-state index < -0.39 is 0 Å². The number of para-hydroxylation sites is 1. The average molecular weight is 354 g/mol. The zero-order valence-electron chi connectivity index (χ0n) is 15.6. The standard InChI is InChI=1S/C20H26N4O2/c1-20(2)9-13-5-4-6-14(19(13)26-20)10-22-15-7-8-17(25)23-18(15)16-11-21-12-24(16)3/h4-6,11-12,15,18,22H,7-10H2,1-3H3,(H,23,25)/t15-,18-/m1/s1. The topological polar surface area (TPSA) is 68.2 Å². The van der Waals surface area contributed by atoms with Crippen molar-refractivity contribution in [2.75, 3.05) is 0 Å². The van der Waals surface area contributed by atoms with Crippen molar-refractivity contribution in [1.82, 2.24) is 20.2 Å². The van der Waals surface area contributed by atoms with Crippen LogP contribution in [-0.2, 0) is 24.8 Å². The van der Waals surface area contributed by atoms with E-state index in [1.165, 1.54) is 11.1 Å². The normalized spacial score (nSPS) is 24.0. The monoisotopic (exact) mass is 354 g/mol. The summed E-state index contributed by atoms with van der Waals surface area (Å²) in [6.07, 6.45) is 5.89. The van der Waals surface area contributed by atoms with Crippen molar-refractivity contribution in [2.24, 2.45) is 7.05 Å². The number of carbonyl (C=O) groups is 1. The van der Waals surface area contributed by atoms with Crippen LogP contribution in [0.15, 0.2) is 30.7 Å². The number of rotatable bonds is 4. The van der Waals surface area contributed by atoms with Crippen LogP contribution in [0.25, 0.3) is 0 Å². The molecule has 2 N–H and O–H groups in total. The van der Waals surface area contributed by atoms with E-state index in [-0.39, 0.29) is 23.6 Å². The molecule has 0 radical (unpaired) electrons. The summed E-state index contributed by atoms with van der Waals surface area (Å²) in [7, 11) is 1.96. The lowest BCUT2D eigenvalue weighted by molar-refractivity contribution is -0.124. The first-order valence-corrected chi connectivity index (χ1v) is 9.22. The summed E-state index contributed by atoms with van der Waals surface area (Å²) in [5.41, 5.74) is 3.32. The lowest BCUT2D eigenvalue weighted by Gasteiger charge is -2.33. The third-order valence-corrected chi connectivity index (χ3v) is 5.30. The van der Waals surface area contributed by atoms with Gasteiger partial charge in [0.25, 0.3) is 0 Å². The number of benzene rings is 1. The van der Waals surface area contributed by atoms with Gasteiger partial charge >= 0.3 is 0 Å². The predicted octanol–water partition coefficient (Wildman–Crippen LogP) is 2.24. The van der Waals surface area contributed by atoms with Crippen LogP contribution in [0.1, 0.15) is 49.6 Å². The molecule has 2 aliphatic rings. The van der Waals surface area contributed by atoms with Gasteiger partial charge in [0.1, 0.15) is 11.4 Å². The molecule has 3 heterocycles. The second kappa shape index (κ2) is 6.43. The van der Waals surface area contributed by atoms with Crippen LogP contribution in [0.5, 0.6) is 5.75 Å². The number of nitrogens with zero attached hydrogens (tertiary/aromatic N) is 2. The van der Waals surface area contributed by atoms with Gasteiger partial charge in [0.2, 0.25) is 5.91 Å². The average Bonchev–Trinajstić information content (AvgIpc) is 3.15. The highest BCUT2D eigenvalue weighted by Gasteiger charge is 2.33. The maximum Gasteiger partial charge on any atom is 0.220 e. The summed E-state index contributed by atoms with van der Waals surface area (Å²) in [5, 5.41) is 6.76. The maximum atomic E-state index is 11.9. The van der Waals surface area contributed by atoms with E-state index in [4.69, 9.17) is 4.74 Å². The van der Waals surface area contributed by atoms with E-state index in [0.29, 0.717) is 13.0 Å². The molecule has 1 fully saturated rings. The molecule has 2 atom stereocenters. The van der Waals surface area contributed by atoms with Crippen molar-refractivity contribution >= 4 is 5.91 Å². The number of fused-ring (bicyclic) bond motifs is 1. The fourth-order valence-corrected chi connectivity index (χ4v) is 4.03. The number of hydrogen-bond acceptors (Lipinski definition) is 4. The Hall–Kier alpha value is -2.34. The molecule has 2 aromatic rings. The Kier molecular flexibility index (Phi) is 4.23. The van der Waals surface area contributed by atoms with Crippen molar-refractivity contribution in [2.45, 2.75) is 57.3 Å². The SMILES string of the molecule is Cn1cncc1[C@@H]1NC(=O)CC[C@H]1NCc1cccc2c1OC(C)(C)C2. The Morgan fingerprint density at radius 2 is 2.27 bits per heavy atom. The van der Waals surface area contributed by atoms with Crippen LogP contribution in [-0.4, -0.2) is 27.1 Å². The number of amides is 1. The number of hydrogen-bond donors (Lipinski definition) is 2. The van der Waals surface area contributed by atoms with Crippen LogP contribution < -0.4 is 15.4 Å². The molecule has 1 aromatic heterocycles. The lowest BCUT2D eigenvalue weighted by atomic mass is 9.95. The van der Waals surface area contributed by atoms with E-state index >= 15 is 0 Å². The van der Waals surface area contributed by atoms with Crippen LogP contribution in [0, 0.1) is 0 Å². The largest absolute Gasteiger partial charge is 0.487 e. The van der Waals surface area contributed by atoms with Gasteiger partial charge in [-0.1, -0.05) is 18.2 Å². The van der Waals surface area contributed by atoms with E-state index in [0.717, 1.165) is 24.3 Å². The molecule has 26 heavy (non-hydrogen) atoms. The smallest absolute Gasteiger partial charge is 0.220 e. The molecular formula is C20H26N4O2. The van der Waals surface area contributed by atoms with E-state index in [1.807, 2.05) is 17.8 Å². The number of carbonyl (C=O) groups excluding carboxylic acids is 1. The molecule has 4 rings (SSSR count). The Labute approximate surface area is 154 Å². The van der Waals surface area contributed by atoms with Crippen molar-refractivity contribution < 1.29 is 9.53 Å². The molecular weight excluding hydrogens is 328 g/mol. The van der Waals surface area contributed by atoms with Crippen LogP contribution in [0.3, 0.4) is 0 Å². The van der Waals surface area contributed by atoms with Gasteiger partial charge in [-0.3, -0.25) is 4.79 Å². The Balaban J connectivity index is 1.52. The fourth-order valence-electron chi connectivity index (χ4n) is 4.03. The molecule has 1 saturated heterocycles. The molecule has 1 amide bonds. The molecule has 1 aromatic carbocycles. The van der Waals surface area contributed by atoms with E-state index in [1.54, 1.807) is 6.33 Å². The minimum Gasteiger partial charge on any atom is -0.487 e. The van der Waals surface area contributed by atoms with Gasteiger partial charge < -0.3 is 19.9 Å². The Morgan fingerprint density at radius 3 is 3.04 bits per heavy atom. The highest BCUT2D eigenvalue weighted by atomic mass is 16.5. The zero-order valence-corrected chi connectivity index (χ0v) is 15.6. The minimum absolute atomic E-state index is 0.0714. The van der Waals surface area contributed by atoms with Gasteiger partial charge in [-0.2, -0.15) is 0 Å². The quantitative estimate of drug-likeness (QED) is 0.884. The lowest BCUT2D eigenvalue weighted by Crippen LogP contribution is -2.48. The summed E-state index contributed by atoms with van der Waals surface area (Å²) in [4.78, 5) is 16.1. The molecule has 2 aliphatic heterocycles. The summed E-state index contributed by atoms with van der Waals surface area (Å²) in [6.45, 7) is 4.97. The van der Waals surface area contributed by atoms with Gasteiger partial charge in [0.15, 0.2) is 0 Å². The van der Waals surface area contributed by atoms with Crippen LogP contribution in [0.2, 0.25) is 0 Å². The van der Waals surface area contributed by atoms with Gasteiger partial charge in [-0.15, -0.1) is 0 Å². The van der Waals surface area contributed by atoms with Crippen LogP contribution >= 0.6 is 0 Å². The first kappa shape index (κ1) is 17.1. The molecule has 0 saturated carbocycles. The van der Waals surface area contributed by atoms with Gasteiger partial charge in [0.05, 0.1) is 24.3 Å². The number of aryl methyl sites for hydroxylation is 1. The fraction of sp³-hybridized carbons (Fsp3) is 0.500. The molecule has 0 unspecified atom stereocenters. The Bertz CT molecular complexity index is 827. The van der Waals surface area contributed by atoms with E-state index in [9.17, 15) is 4.79 Å². The number of aromatic nitrogens is 2. The van der Waals surface area contributed by atoms with Gasteiger partial charge in [-0.25, -0.2) is 4.98 Å². The third kappa shape index (κ3) is 3.21. The maximum absolute atomic E-state index is 11.9. The summed E-state index contributed by atoms with van der Waals surface area (Å²) in [6, 6.07) is 6.45. The van der Waals surface area contributed by atoms with Gasteiger partial charge in [0, 0.05) is 38.0 Å². The zero-order chi connectivity index (χ0) is 18.3. The summed E-state index contributed by atoms with van der Waals surface area (Å²) >= 11 is 0. The second-order valence-electron chi connectivity index (χ2n) is 7.94. The molecule has 6 nitrogen and oxygen atoms in total. The summed E-state index contributed by atoms with van der Waals surface area (Å²) in [5.74, 6) is 1.11. The first-order chi connectivity index (χ1) is 12.4. The van der Waals surface area contributed by atoms with Crippen molar-refractivity contribution in [3.05, 3.63) is 47.5 Å². The van der Waals surface area contributed by atoms with Crippen molar-refractivity contribution in [1.29, 1.82) is 0 Å². The molecule has 6 heteroatoms. The second-order valence-corrected chi connectivity index (χ2v) is 7.94. The van der Waals surface area contributed by atoms with E-state index in [2.05, 4.69) is 47.7 Å². The van der Waals surface area contributed by atoms with Crippen LogP contribution in [0.4, 0.5) is 0 Å². The number of nitrogens with one attached hydrogen (secondary N) is 2. The van der Waals surface area contributed by atoms with Crippen molar-refractivity contribution in [3.63, 3.8) is 0 Å². The molecule has 138 valence electrons. The summed E-state index contributed by atoms with van der Waals surface area (Å²) < 4.78 is 8.15. The molecule has 0 bridgehead atoms. The molecule has 0 aliphatic carbocycles. The highest BCUT2D eigenvalue weighted by molar-refractivity contribution is 5.77. The highest BCUT2D eigenvalue weighted by Crippen LogP contribution is 2.37. The molecule has 0 spiro atoms. The first-order valence-electron chi connectivity index (χ1n) is 9.22. The van der Waals surface area contributed by atoms with Crippen molar-refractivity contribution in [3.8, 4) is 5.75 Å². The number of piperidine rings is 1. The predicted molar refractivity (Wildman–Crippen MR) is 98.8 cm³/mol. The number of imidazole rings is 1. The van der Waals surface area contributed by atoms with Gasteiger partial charge in [-0.05, 0) is 25.8 Å². The third-order valence-electron chi connectivity index (χ3n) is 5.30. The Morgan fingerprint density at radius 1 is 1.42 bits per heavy atom. The minimum atomic E-state index is -0.144. The number of ether oxygens (including phenoxy) is 1.